The van der Waals surface area contributed by atoms with E-state index in [1.807, 2.05) is 32.0 Å². The Morgan fingerprint density at radius 3 is 2.72 bits per heavy atom. The van der Waals surface area contributed by atoms with Crippen molar-refractivity contribution in [2.75, 3.05) is 17.7 Å². The van der Waals surface area contributed by atoms with E-state index in [-0.39, 0.29) is 0 Å². The van der Waals surface area contributed by atoms with Crippen molar-refractivity contribution in [3.8, 4) is 5.75 Å². The number of fused-ring (bicyclic) bond motifs is 1. The summed E-state index contributed by atoms with van der Waals surface area (Å²) in [5.41, 5.74) is 5.40. The van der Waals surface area contributed by atoms with Crippen LogP contribution in [0.15, 0.2) is 45.7 Å². The van der Waals surface area contributed by atoms with E-state index in [9.17, 15) is 4.79 Å². The normalized spacial score (nSPS) is 10.9. The van der Waals surface area contributed by atoms with E-state index in [1.54, 1.807) is 25.4 Å². The zero-order valence-electron chi connectivity index (χ0n) is 16.3. The minimum absolute atomic E-state index is 0.439. The number of hydrogen-bond acceptors (Lipinski definition) is 7. The second kappa shape index (κ2) is 7.31. The van der Waals surface area contributed by atoms with Gasteiger partial charge in [0.15, 0.2) is 5.58 Å². The second-order valence-corrected chi connectivity index (χ2v) is 6.67. The number of hydrogen-bond donors (Lipinski definition) is 3. The Hall–Kier alpha value is -3.81. The minimum atomic E-state index is -0.485. The van der Waals surface area contributed by atoms with Gasteiger partial charge in [-0.15, -0.1) is 0 Å². The Labute approximate surface area is 167 Å². The average molecular weight is 390 g/mol. The lowest BCUT2D eigenvalue weighted by atomic mass is 10.1. The standard InChI is InChI=1S/C21H20N5O3/c1-11-7-15(9-18(28-4)13(11)3)24-20-22-10-12(2)19(26-20)23-14-5-6-17-16(8-14)25-21(27)29-17/h5-10H,3H2,1-2,4H3,(H,25,27)(H2,22,23,24,26). The molecule has 0 aliphatic rings. The molecule has 2 heterocycles. The van der Waals surface area contributed by atoms with Crippen molar-refractivity contribution in [2.45, 2.75) is 13.8 Å². The number of anilines is 4. The number of aryl methyl sites for hydroxylation is 2. The lowest BCUT2D eigenvalue weighted by Crippen LogP contribution is -2.03. The summed E-state index contributed by atoms with van der Waals surface area (Å²) in [5, 5.41) is 6.45. The van der Waals surface area contributed by atoms with Crippen molar-refractivity contribution >= 4 is 34.2 Å². The number of rotatable bonds is 5. The van der Waals surface area contributed by atoms with Crippen molar-refractivity contribution in [1.29, 1.82) is 0 Å². The molecule has 147 valence electrons. The van der Waals surface area contributed by atoms with Crippen LogP contribution in [0, 0.1) is 20.8 Å². The third-order valence-corrected chi connectivity index (χ3v) is 4.56. The quantitative estimate of drug-likeness (QED) is 0.469. The second-order valence-electron chi connectivity index (χ2n) is 6.67. The maximum Gasteiger partial charge on any atom is 0.417 e. The number of nitrogens with one attached hydrogen (secondary N) is 3. The smallest absolute Gasteiger partial charge is 0.417 e. The van der Waals surface area contributed by atoms with Gasteiger partial charge in [-0.25, -0.2) is 9.78 Å². The molecule has 0 amide bonds. The van der Waals surface area contributed by atoms with Crippen LogP contribution >= 0.6 is 0 Å². The molecule has 2 aromatic heterocycles. The molecule has 0 saturated carbocycles. The Morgan fingerprint density at radius 1 is 1.10 bits per heavy atom. The molecule has 0 saturated heterocycles. The number of H-pyrrole nitrogens is 1. The maximum atomic E-state index is 11.3. The highest BCUT2D eigenvalue weighted by molar-refractivity contribution is 5.78. The van der Waals surface area contributed by atoms with Gasteiger partial charge in [0.25, 0.3) is 0 Å². The molecule has 8 nitrogen and oxygen atoms in total. The molecule has 0 aliphatic heterocycles. The molecular weight excluding hydrogens is 370 g/mol. The van der Waals surface area contributed by atoms with E-state index in [0.717, 1.165) is 28.1 Å². The number of aromatic amines is 1. The van der Waals surface area contributed by atoms with Gasteiger partial charge in [0.05, 0.1) is 12.6 Å². The number of aromatic nitrogens is 3. The van der Waals surface area contributed by atoms with Gasteiger partial charge in [-0.1, -0.05) is 0 Å². The first kappa shape index (κ1) is 18.5. The monoisotopic (exact) mass is 390 g/mol. The summed E-state index contributed by atoms with van der Waals surface area (Å²) >= 11 is 0. The van der Waals surface area contributed by atoms with Crippen LogP contribution in [0.4, 0.5) is 23.1 Å². The molecule has 0 spiro atoms. The molecule has 4 rings (SSSR count). The van der Waals surface area contributed by atoms with Gasteiger partial charge in [0, 0.05) is 29.2 Å². The third-order valence-electron chi connectivity index (χ3n) is 4.56. The first-order valence-electron chi connectivity index (χ1n) is 8.94. The Balaban J connectivity index is 1.62. The maximum absolute atomic E-state index is 11.3. The van der Waals surface area contributed by atoms with E-state index in [1.165, 1.54) is 0 Å². The molecular formula is C21H20N5O3. The van der Waals surface area contributed by atoms with Crippen molar-refractivity contribution in [3.05, 3.63) is 70.7 Å². The zero-order chi connectivity index (χ0) is 20.5. The molecule has 0 unspecified atom stereocenters. The van der Waals surface area contributed by atoms with Crippen LogP contribution in [-0.2, 0) is 0 Å². The fourth-order valence-corrected chi connectivity index (χ4v) is 2.96. The molecule has 3 N–H and O–H groups in total. The lowest BCUT2D eigenvalue weighted by Gasteiger charge is -2.13. The first-order chi connectivity index (χ1) is 13.9. The number of oxazole rings is 1. The van der Waals surface area contributed by atoms with E-state index >= 15 is 0 Å². The SMILES string of the molecule is [CH2]c1c(C)cc(Nc2ncc(C)c(Nc3ccc4oc(=O)[nH]c4c3)n2)cc1OC. The van der Waals surface area contributed by atoms with Gasteiger partial charge in [-0.05, 0) is 56.2 Å². The number of nitrogens with zero attached hydrogens (tertiary/aromatic N) is 2. The number of ether oxygens (including phenoxy) is 1. The molecule has 2 aromatic carbocycles. The van der Waals surface area contributed by atoms with Gasteiger partial charge < -0.3 is 19.8 Å². The zero-order valence-corrected chi connectivity index (χ0v) is 16.3. The highest BCUT2D eigenvalue weighted by Gasteiger charge is 2.09. The highest BCUT2D eigenvalue weighted by atomic mass is 16.5. The number of methoxy groups -OCH3 is 1. The minimum Gasteiger partial charge on any atom is -0.496 e. The molecule has 0 fully saturated rings. The van der Waals surface area contributed by atoms with Crippen LogP contribution in [-0.4, -0.2) is 22.1 Å². The molecule has 4 aromatic rings. The predicted molar refractivity (Wildman–Crippen MR) is 112 cm³/mol. The van der Waals surface area contributed by atoms with E-state index in [4.69, 9.17) is 9.15 Å². The Morgan fingerprint density at radius 2 is 1.93 bits per heavy atom. The average Bonchev–Trinajstić information content (AvgIpc) is 3.06. The van der Waals surface area contributed by atoms with Crippen LogP contribution in [0.25, 0.3) is 11.1 Å². The van der Waals surface area contributed by atoms with E-state index in [0.29, 0.717) is 28.6 Å². The largest absolute Gasteiger partial charge is 0.496 e. The first-order valence-corrected chi connectivity index (χ1v) is 8.94. The molecule has 0 bridgehead atoms. The topological polar surface area (TPSA) is 105 Å². The van der Waals surface area contributed by atoms with Gasteiger partial charge in [0.2, 0.25) is 5.95 Å². The Kier molecular flexibility index (Phi) is 4.67. The van der Waals surface area contributed by atoms with Crippen molar-refractivity contribution in [3.63, 3.8) is 0 Å². The Bertz CT molecular complexity index is 1260. The third kappa shape index (κ3) is 3.77. The molecule has 29 heavy (non-hydrogen) atoms. The number of benzene rings is 2. The fourth-order valence-electron chi connectivity index (χ4n) is 2.96. The van der Waals surface area contributed by atoms with Gasteiger partial charge in [-0.2, -0.15) is 4.98 Å². The summed E-state index contributed by atoms with van der Waals surface area (Å²) in [6.07, 6.45) is 1.73. The van der Waals surface area contributed by atoms with Crippen LogP contribution in [0.5, 0.6) is 5.75 Å². The van der Waals surface area contributed by atoms with Crippen LogP contribution in [0.1, 0.15) is 16.7 Å². The molecule has 1 radical (unpaired) electrons. The highest BCUT2D eigenvalue weighted by Crippen LogP contribution is 2.28. The van der Waals surface area contributed by atoms with Crippen molar-refractivity contribution in [1.82, 2.24) is 15.0 Å². The van der Waals surface area contributed by atoms with Gasteiger partial charge >= 0.3 is 5.76 Å². The summed E-state index contributed by atoms with van der Waals surface area (Å²) < 4.78 is 10.4. The summed E-state index contributed by atoms with van der Waals surface area (Å²) in [7, 11) is 1.61. The summed E-state index contributed by atoms with van der Waals surface area (Å²) in [5.74, 6) is 1.29. The fraction of sp³-hybridized carbons (Fsp3) is 0.143. The summed E-state index contributed by atoms with van der Waals surface area (Å²) in [6.45, 7) is 7.89. The summed E-state index contributed by atoms with van der Waals surface area (Å²) in [6, 6.07) is 9.14. The molecule has 0 aliphatic carbocycles. The van der Waals surface area contributed by atoms with Crippen molar-refractivity contribution in [2.24, 2.45) is 0 Å². The lowest BCUT2D eigenvalue weighted by molar-refractivity contribution is 0.413. The van der Waals surface area contributed by atoms with Gasteiger partial charge in [0.1, 0.15) is 11.6 Å². The van der Waals surface area contributed by atoms with Gasteiger partial charge in [-0.3, -0.25) is 4.98 Å². The van der Waals surface area contributed by atoms with Crippen LogP contribution in [0.3, 0.4) is 0 Å². The summed E-state index contributed by atoms with van der Waals surface area (Å²) in [4.78, 5) is 22.9. The van der Waals surface area contributed by atoms with Crippen LogP contribution in [0.2, 0.25) is 0 Å². The van der Waals surface area contributed by atoms with Crippen LogP contribution < -0.4 is 21.1 Å². The van der Waals surface area contributed by atoms with Crippen molar-refractivity contribution < 1.29 is 9.15 Å². The predicted octanol–water partition coefficient (Wildman–Crippen LogP) is 4.21. The molecule has 8 heteroatoms. The molecule has 0 atom stereocenters. The van der Waals surface area contributed by atoms with E-state index in [2.05, 4.69) is 32.5 Å². The van der Waals surface area contributed by atoms with E-state index < -0.39 is 5.76 Å².